The number of hydrogen-bond acceptors (Lipinski definition) is 2. The van der Waals surface area contributed by atoms with Gasteiger partial charge in [0.1, 0.15) is 5.82 Å². The first kappa shape index (κ1) is 20.9. The van der Waals surface area contributed by atoms with Crippen LogP contribution in [0.25, 0.3) is 0 Å². The normalized spacial score (nSPS) is 14.8. The molecule has 0 atom stereocenters. The highest BCUT2D eigenvalue weighted by Gasteiger charge is 2.36. The van der Waals surface area contributed by atoms with Gasteiger partial charge in [0.05, 0.1) is 12.0 Å². The predicted molar refractivity (Wildman–Crippen MR) is 134 cm³/mol. The van der Waals surface area contributed by atoms with Crippen LogP contribution in [0.2, 0.25) is 0 Å². The van der Waals surface area contributed by atoms with Gasteiger partial charge >= 0.3 is 0 Å². The maximum Gasteiger partial charge on any atom is 0.249 e. The quantitative estimate of drug-likeness (QED) is 0.348. The molecule has 0 unspecified atom stereocenters. The molecule has 3 nitrogen and oxygen atoms in total. The van der Waals surface area contributed by atoms with Crippen molar-refractivity contribution < 1.29 is 13.7 Å². The Hall–Kier alpha value is -3.99. The van der Waals surface area contributed by atoms with Crippen molar-refractivity contribution in [1.29, 1.82) is 0 Å². The highest BCUT2D eigenvalue weighted by atomic mass is 19.1. The Morgan fingerprint density at radius 3 is 1.70 bits per heavy atom. The minimum absolute atomic E-state index is 0.265. The maximum absolute atomic E-state index is 14.1. The molecular formula is C28H24BFN2O. The van der Waals surface area contributed by atoms with Gasteiger partial charge in [0.2, 0.25) is 18.5 Å². The summed E-state index contributed by atoms with van der Waals surface area (Å²) in [5.74, 6) is 0.373. The van der Waals surface area contributed by atoms with Gasteiger partial charge < -0.3 is 4.65 Å². The molecule has 0 aromatic heterocycles. The number of benzene rings is 4. The van der Waals surface area contributed by atoms with E-state index in [9.17, 15) is 4.39 Å². The largest absolute Gasteiger partial charge is 0.688 e. The molecule has 0 N–H and O–H groups in total. The van der Waals surface area contributed by atoms with Crippen LogP contribution < -0.4 is 16.4 Å². The van der Waals surface area contributed by atoms with E-state index in [0.717, 1.165) is 16.4 Å². The predicted octanol–water partition coefficient (Wildman–Crippen LogP) is 3.66. The Balaban J connectivity index is 1.62. The van der Waals surface area contributed by atoms with Crippen LogP contribution in [0, 0.1) is 5.82 Å². The number of halogens is 1. The lowest BCUT2D eigenvalue weighted by atomic mass is 9.28. The van der Waals surface area contributed by atoms with Gasteiger partial charge in [-0.15, -0.1) is 0 Å². The molecule has 0 spiro atoms. The second-order valence-electron chi connectivity index (χ2n) is 8.19. The molecule has 0 saturated carbocycles. The van der Waals surface area contributed by atoms with Crippen molar-refractivity contribution in [2.75, 3.05) is 6.54 Å². The Bertz CT molecular complexity index is 1190. The van der Waals surface area contributed by atoms with E-state index in [1.165, 1.54) is 6.07 Å². The van der Waals surface area contributed by atoms with Crippen LogP contribution in [0.3, 0.4) is 0 Å². The number of hydrazone groups is 1. The van der Waals surface area contributed by atoms with E-state index in [2.05, 4.69) is 36.4 Å². The molecule has 0 fully saturated rings. The minimum atomic E-state index is -1.77. The number of rotatable bonds is 5. The van der Waals surface area contributed by atoms with Gasteiger partial charge in [-0.2, -0.15) is 16.4 Å². The SMILES string of the molecule is Fc1ccccc1/C=[N+]1/CCC(O[B-](c2ccccc2)(c2ccccc2)c2ccccc2)=N1. The van der Waals surface area contributed by atoms with E-state index >= 15 is 0 Å². The van der Waals surface area contributed by atoms with Crippen molar-refractivity contribution >= 4 is 34.8 Å². The number of hydrogen-bond donors (Lipinski definition) is 0. The van der Waals surface area contributed by atoms with Crippen molar-refractivity contribution in [2.45, 2.75) is 6.42 Å². The van der Waals surface area contributed by atoms with Crippen molar-refractivity contribution in [1.82, 2.24) is 0 Å². The zero-order valence-corrected chi connectivity index (χ0v) is 18.2. The molecule has 0 radical (unpaired) electrons. The summed E-state index contributed by atoms with van der Waals surface area (Å²) in [6.45, 7) is 0.633. The molecule has 0 amide bonds. The average molecular weight is 434 g/mol. The second-order valence-corrected chi connectivity index (χ2v) is 8.19. The van der Waals surface area contributed by atoms with Crippen molar-refractivity contribution in [3.8, 4) is 0 Å². The molecule has 0 bridgehead atoms. The summed E-state index contributed by atoms with van der Waals surface area (Å²) < 4.78 is 22.8. The highest BCUT2D eigenvalue weighted by molar-refractivity contribution is 7.07. The molecule has 1 aliphatic rings. The Morgan fingerprint density at radius 1 is 0.697 bits per heavy atom. The molecule has 4 aromatic carbocycles. The maximum atomic E-state index is 14.1. The monoisotopic (exact) mass is 434 g/mol. The van der Waals surface area contributed by atoms with Crippen LogP contribution in [0.1, 0.15) is 12.0 Å². The van der Waals surface area contributed by atoms with Gasteiger partial charge in [-0.05, 0) is 12.1 Å². The smallest absolute Gasteiger partial charge is 0.249 e. The molecule has 33 heavy (non-hydrogen) atoms. The molecular weight excluding hydrogens is 410 g/mol. The summed E-state index contributed by atoms with van der Waals surface area (Å²) in [5, 5.41) is 4.71. The van der Waals surface area contributed by atoms with Crippen LogP contribution in [-0.4, -0.2) is 29.7 Å². The fraction of sp³-hybridized carbons (Fsp3) is 0.0714. The molecule has 5 rings (SSSR count). The van der Waals surface area contributed by atoms with Crippen LogP contribution in [-0.2, 0) is 4.65 Å². The van der Waals surface area contributed by atoms with E-state index in [0.29, 0.717) is 24.4 Å². The topological polar surface area (TPSA) is 24.6 Å². The summed E-state index contributed by atoms with van der Waals surface area (Å²) >= 11 is 0. The first-order chi connectivity index (χ1) is 16.3. The summed E-state index contributed by atoms with van der Waals surface area (Å²) in [6.07, 6.45) is 0.604. The van der Waals surface area contributed by atoms with Crippen LogP contribution in [0.15, 0.2) is 120 Å². The molecule has 1 heterocycles. The lowest BCUT2D eigenvalue weighted by Crippen LogP contribution is -2.70. The summed E-state index contributed by atoms with van der Waals surface area (Å²) in [7, 11) is 0. The Morgan fingerprint density at radius 2 is 1.18 bits per heavy atom. The zero-order chi connectivity index (χ0) is 22.5. The standard InChI is InChI=1S/C28H24BFN2O/c30-27-19-11-10-12-23(27)22-32-21-20-28(31-32)33-29(24-13-4-1-5-14-24,25-15-6-2-7-16-25)26-17-8-3-9-18-26/h1-19,22H,20-21H2/b32-22-. The summed E-state index contributed by atoms with van der Waals surface area (Å²) in [6, 6.07) is 37.6. The fourth-order valence-corrected chi connectivity index (χ4v) is 4.53. The summed E-state index contributed by atoms with van der Waals surface area (Å²) in [5.41, 5.74) is 3.74. The highest BCUT2D eigenvalue weighted by Crippen LogP contribution is 2.14. The van der Waals surface area contributed by atoms with Crippen molar-refractivity contribution in [3.63, 3.8) is 0 Å². The lowest BCUT2D eigenvalue weighted by molar-refractivity contribution is -0.518. The molecule has 1 aliphatic heterocycles. The first-order valence-electron chi connectivity index (χ1n) is 11.2. The molecule has 0 aliphatic carbocycles. The Kier molecular flexibility index (Phi) is 5.86. The average Bonchev–Trinajstić information content (AvgIpc) is 3.32. The third kappa shape index (κ3) is 4.22. The summed E-state index contributed by atoms with van der Waals surface area (Å²) in [4.78, 5) is 0. The van der Waals surface area contributed by atoms with Gasteiger partial charge in [-0.25, -0.2) is 4.39 Å². The van der Waals surface area contributed by atoms with Crippen LogP contribution in [0.5, 0.6) is 0 Å². The van der Waals surface area contributed by atoms with Crippen molar-refractivity contribution in [3.05, 3.63) is 127 Å². The fourth-order valence-electron chi connectivity index (χ4n) is 4.53. The van der Waals surface area contributed by atoms with E-state index in [-0.39, 0.29) is 5.82 Å². The third-order valence-corrected chi connectivity index (χ3v) is 6.11. The molecule has 162 valence electrons. The van der Waals surface area contributed by atoms with E-state index in [1.807, 2.05) is 60.7 Å². The Labute approximate surface area is 193 Å². The molecule has 0 saturated heterocycles. The second kappa shape index (κ2) is 9.25. The van der Waals surface area contributed by atoms with Crippen LogP contribution in [0.4, 0.5) is 4.39 Å². The third-order valence-electron chi connectivity index (χ3n) is 6.11. The molecule has 5 heteroatoms. The van der Waals surface area contributed by atoms with Gasteiger partial charge in [-0.1, -0.05) is 108 Å². The van der Waals surface area contributed by atoms with E-state index in [1.54, 1.807) is 23.0 Å². The lowest BCUT2D eigenvalue weighted by Gasteiger charge is -2.43. The van der Waals surface area contributed by atoms with E-state index in [4.69, 9.17) is 9.76 Å². The van der Waals surface area contributed by atoms with Gasteiger partial charge in [0.15, 0.2) is 6.54 Å². The van der Waals surface area contributed by atoms with Gasteiger partial charge in [-0.3, -0.25) is 0 Å². The minimum Gasteiger partial charge on any atom is -0.688 e. The van der Waals surface area contributed by atoms with Crippen molar-refractivity contribution in [2.24, 2.45) is 5.10 Å². The number of nitrogens with zero attached hydrogens (tertiary/aromatic N) is 2. The zero-order valence-electron chi connectivity index (χ0n) is 18.2. The van der Waals surface area contributed by atoms with Gasteiger partial charge in [0.25, 0.3) is 0 Å². The molecule has 4 aromatic rings. The van der Waals surface area contributed by atoms with Gasteiger partial charge in [0, 0.05) is 5.10 Å². The van der Waals surface area contributed by atoms with Crippen LogP contribution >= 0.6 is 0 Å². The first-order valence-corrected chi connectivity index (χ1v) is 11.2. The van der Waals surface area contributed by atoms with E-state index < -0.39 is 6.35 Å².